The lowest BCUT2D eigenvalue weighted by atomic mass is 9.71. The topological polar surface area (TPSA) is 83.5 Å². The van der Waals surface area contributed by atoms with Crippen LogP contribution in [0.5, 0.6) is 5.75 Å². The van der Waals surface area contributed by atoms with Crippen LogP contribution in [-0.2, 0) is 43.6 Å². The van der Waals surface area contributed by atoms with Gasteiger partial charge in [0, 0.05) is 24.9 Å². The SMILES string of the molecule is C=C[C@@H](OCc1ccc(OC)cc1)[C@@H]1[C@@H](OCc2ccccc2)[C@@H](COC)C=C[C@@H]1C(OCc1ccccc1)C(=O)O. The Balaban J connectivity index is 1.65. The van der Waals surface area contributed by atoms with E-state index in [1.54, 1.807) is 20.3 Å². The van der Waals surface area contributed by atoms with Gasteiger partial charge in [-0.1, -0.05) is 91.0 Å². The zero-order valence-electron chi connectivity index (χ0n) is 24.2. The molecular formula is C35H40O7. The maximum Gasteiger partial charge on any atom is 0.333 e. The second-order valence-corrected chi connectivity index (χ2v) is 10.3. The Hall–Kier alpha value is -3.75. The highest BCUT2D eigenvalue weighted by Crippen LogP contribution is 2.39. The summed E-state index contributed by atoms with van der Waals surface area (Å²) in [7, 11) is 3.28. The van der Waals surface area contributed by atoms with Gasteiger partial charge in [-0.05, 0) is 28.8 Å². The summed E-state index contributed by atoms with van der Waals surface area (Å²) in [5, 5.41) is 10.4. The Labute approximate surface area is 248 Å². The highest BCUT2D eigenvalue weighted by atomic mass is 16.5. The van der Waals surface area contributed by atoms with Crippen LogP contribution in [0.15, 0.2) is 110 Å². The lowest BCUT2D eigenvalue weighted by molar-refractivity contribution is -0.164. The summed E-state index contributed by atoms with van der Waals surface area (Å²) in [6.07, 6.45) is 3.55. The molecule has 0 heterocycles. The standard InChI is InChI=1S/C35H40O7/c1-4-31(40-21-27-15-18-29(39-3)19-16-27)32-30(34(35(36)37)42-23-26-13-9-6-10-14-26)20-17-28(24-38-2)33(32)41-22-25-11-7-5-8-12-25/h4-20,28,30-34H,1,21-24H2,2-3H3,(H,36,37)/t28-,30+,31-,32-,33+,34?/m1/s1. The van der Waals surface area contributed by atoms with E-state index in [0.717, 1.165) is 22.4 Å². The smallest absolute Gasteiger partial charge is 0.333 e. The van der Waals surface area contributed by atoms with Crippen LogP contribution in [-0.4, -0.2) is 50.2 Å². The van der Waals surface area contributed by atoms with Crippen LogP contribution in [0, 0.1) is 17.8 Å². The van der Waals surface area contributed by atoms with E-state index in [-0.39, 0.29) is 12.5 Å². The molecule has 4 rings (SSSR count). The molecule has 0 aliphatic heterocycles. The van der Waals surface area contributed by atoms with Crippen molar-refractivity contribution >= 4 is 5.97 Å². The molecule has 1 aliphatic rings. The largest absolute Gasteiger partial charge is 0.497 e. The minimum atomic E-state index is -1.13. The van der Waals surface area contributed by atoms with Gasteiger partial charge >= 0.3 is 5.97 Å². The number of aliphatic carboxylic acids is 1. The molecule has 0 spiro atoms. The first-order valence-electron chi connectivity index (χ1n) is 14.1. The number of carbonyl (C=O) groups is 1. The van der Waals surface area contributed by atoms with Crippen molar-refractivity contribution in [3.05, 3.63) is 126 Å². The van der Waals surface area contributed by atoms with Crippen LogP contribution >= 0.6 is 0 Å². The van der Waals surface area contributed by atoms with E-state index in [0.29, 0.717) is 19.8 Å². The third-order valence-electron chi connectivity index (χ3n) is 7.55. The van der Waals surface area contributed by atoms with Crippen molar-refractivity contribution in [2.45, 2.75) is 38.1 Å². The fourth-order valence-corrected chi connectivity index (χ4v) is 5.42. The highest BCUT2D eigenvalue weighted by molar-refractivity contribution is 5.73. The summed E-state index contributed by atoms with van der Waals surface area (Å²) < 4.78 is 30.0. The molecule has 0 saturated carbocycles. The van der Waals surface area contributed by atoms with Crippen molar-refractivity contribution < 1.29 is 33.6 Å². The molecule has 0 amide bonds. The van der Waals surface area contributed by atoms with Crippen molar-refractivity contribution in [3.8, 4) is 5.75 Å². The Morgan fingerprint density at radius 3 is 2.00 bits per heavy atom. The van der Waals surface area contributed by atoms with E-state index in [1.807, 2.05) is 97.1 Å². The zero-order valence-corrected chi connectivity index (χ0v) is 24.2. The number of hydrogen-bond donors (Lipinski definition) is 1. The number of rotatable bonds is 16. The van der Waals surface area contributed by atoms with Crippen molar-refractivity contribution in [1.82, 2.24) is 0 Å². The molecule has 6 atom stereocenters. The molecule has 1 aliphatic carbocycles. The maximum atomic E-state index is 12.7. The highest BCUT2D eigenvalue weighted by Gasteiger charge is 2.46. The Morgan fingerprint density at radius 2 is 1.43 bits per heavy atom. The molecule has 1 N–H and O–H groups in total. The summed E-state index contributed by atoms with van der Waals surface area (Å²) in [6.45, 7) is 5.32. The summed E-state index contributed by atoms with van der Waals surface area (Å²) in [6, 6.07) is 27.1. The number of benzene rings is 3. The Kier molecular flexibility index (Phi) is 11.9. The molecule has 3 aromatic carbocycles. The third-order valence-corrected chi connectivity index (χ3v) is 7.55. The molecule has 0 bridgehead atoms. The average Bonchev–Trinajstić information content (AvgIpc) is 3.03. The minimum absolute atomic E-state index is 0.129. The van der Waals surface area contributed by atoms with Gasteiger partial charge in [0.05, 0.1) is 45.7 Å². The van der Waals surface area contributed by atoms with Gasteiger partial charge in [-0.2, -0.15) is 0 Å². The van der Waals surface area contributed by atoms with E-state index in [9.17, 15) is 9.90 Å². The van der Waals surface area contributed by atoms with Crippen LogP contribution in [0.4, 0.5) is 0 Å². The first-order chi connectivity index (χ1) is 20.5. The van der Waals surface area contributed by atoms with Crippen molar-refractivity contribution in [3.63, 3.8) is 0 Å². The lowest BCUT2D eigenvalue weighted by Gasteiger charge is -2.44. The first-order valence-corrected chi connectivity index (χ1v) is 14.1. The fraction of sp³-hybridized carbons (Fsp3) is 0.343. The Bertz CT molecular complexity index is 1260. The molecule has 7 heteroatoms. The predicted octanol–water partition coefficient (Wildman–Crippen LogP) is 6.09. The number of ether oxygens (including phenoxy) is 5. The van der Waals surface area contributed by atoms with E-state index in [4.69, 9.17) is 23.7 Å². The fourth-order valence-electron chi connectivity index (χ4n) is 5.42. The molecule has 0 saturated heterocycles. The summed E-state index contributed by atoms with van der Waals surface area (Å²) >= 11 is 0. The maximum absolute atomic E-state index is 12.7. The number of hydrogen-bond acceptors (Lipinski definition) is 6. The van der Waals surface area contributed by atoms with Gasteiger partial charge in [-0.25, -0.2) is 4.79 Å². The van der Waals surface area contributed by atoms with Crippen molar-refractivity contribution in [2.75, 3.05) is 20.8 Å². The summed E-state index contributed by atoms with van der Waals surface area (Å²) in [5.74, 6) is -1.40. The van der Waals surface area contributed by atoms with Gasteiger partial charge in [0.15, 0.2) is 6.10 Å². The lowest BCUT2D eigenvalue weighted by Crippen LogP contribution is -2.51. The van der Waals surface area contributed by atoms with E-state index >= 15 is 0 Å². The van der Waals surface area contributed by atoms with E-state index in [1.165, 1.54) is 0 Å². The van der Waals surface area contributed by atoms with Crippen LogP contribution in [0.25, 0.3) is 0 Å². The van der Waals surface area contributed by atoms with Crippen LogP contribution < -0.4 is 4.74 Å². The van der Waals surface area contributed by atoms with Crippen molar-refractivity contribution in [1.29, 1.82) is 0 Å². The van der Waals surface area contributed by atoms with Gasteiger partial charge in [0.25, 0.3) is 0 Å². The van der Waals surface area contributed by atoms with Gasteiger partial charge < -0.3 is 28.8 Å². The summed E-state index contributed by atoms with van der Waals surface area (Å²) in [5.41, 5.74) is 2.86. The monoisotopic (exact) mass is 572 g/mol. The van der Waals surface area contributed by atoms with Crippen LogP contribution in [0.2, 0.25) is 0 Å². The van der Waals surface area contributed by atoms with Crippen molar-refractivity contribution in [2.24, 2.45) is 17.8 Å². The average molecular weight is 573 g/mol. The molecule has 7 nitrogen and oxygen atoms in total. The van der Waals surface area contributed by atoms with Crippen LogP contribution in [0.3, 0.4) is 0 Å². The Morgan fingerprint density at radius 1 is 0.833 bits per heavy atom. The second kappa shape index (κ2) is 16.0. The van der Waals surface area contributed by atoms with Crippen LogP contribution in [0.1, 0.15) is 16.7 Å². The molecule has 0 fully saturated rings. The van der Waals surface area contributed by atoms with Gasteiger partial charge in [-0.15, -0.1) is 6.58 Å². The number of carboxylic acid groups (broad SMARTS) is 1. The summed E-state index contributed by atoms with van der Waals surface area (Å²) in [4.78, 5) is 12.7. The second-order valence-electron chi connectivity index (χ2n) is 10.3. The van der Waals surface area contributed by atoms with Gasteiger partial charge in [-0.3, -0.25) is 0 Å². The number of carboxylic acids is 1. The molecule has 0 aromatic heterocycles. The van der Waals surface area contributed by atoms with Gasteiger partial charge in [0.1, 0.15) is 5.75 Å². The minimum Gasteiger partial charge on any atom is -0.497 e. The quantitative estimate of drug-likeness (QED) is 0.208. The van der Waals surface area contributed by atoms with Gasteiger partial charge in [0.2, 0.25) is 0 Å². The molecule has 42 heavy (non-hydrogen) atoms. The normalized spacial score (nSPS) is 21.4. The molecule has 222 valence electrons. The third kappa shape index (κ3) is 8.39. The molecule has 0 radical (unpaired) electrons. The molecular weight excluding hydrogens is 532 g/mol. The van der Waals surface area contributed by atoms with E-state index < -0.39 is 36.1 Å². The predicted molar refractivity (Wildman–Crippen MR) is 161 cm³/mol. The molecule has 1 unspecified atom stereocenters. The zero-order chi connectivity index (χ0) is 29.7. The van der Waals surface area contributed by atoms with E-state index in [2.05, 4.69) is 6.58 Å². The number of methoxy groups -OCH3 is 2. The first kappa shape index (κ1) is 31.2. The molecule has 3 aromatic rings.